The van der Waals surface area contributed by atoms with Gasteiger partial charge in [0.05, 0.1) is 24.8 Å². The van der Waals surface area contributed by atoms with E-state index in [4.69, 9.17) is 9.84 Å². The molecule has 0 aliphatic carbocycles. The first-order chi connectivity index (χ1) is 11.6. The molecule has 1 amide bonds. The van der Waals surface area contributed by atoms with Crippen LogP contribution in [-0.2, 0) is 4.74 Å². The van der Waals surface area contributed by atoms with Crippen LogP contribution >= 0.6 is 0 Å². The number of carbonyl (C=O) groups is 2. The van der Waals surface area contributed by atoms with Crippen molar-refractivity contribution in [2.75, 3.05) is 13.2 Å². The molecule has 2 aromatic rings. The van der Waals surface area contributed by atoms with Crippen molar-refractivity contribution in [3.8, 4) is 0 Å². The van der Waals surface area contributed by atoms with Gasteiger partial charge < -0.3 is 14.7 Å². The van der Waals surface area contributed by atoms with Crippen LogP contribution in [0.25, 0.3) is 0 Å². The highest BCUT2D eigenvalue weighted by atomic mass is 16.5. The quantitative estimate of drug-likeness (QED) is 0.937. The number of ether oxygens (including phenoxy) is 1. The Labute approximate surface area is 139 Å². The molecule has 2 atom stereocenters. The van der Waals surface area contributed by atoms with Crippen molar-refractivity contribution in [1.29, 1.82) is 0 Å². The van der Waals surface area contributed by atoms with E-state index in [0.717, 1.165) is 5.56 Å². The minimum absolute atomic E-state index is 0.0587. The largest absolute Gasteiger partial charge is 0.477 e. The molecule has 0 bridgehead atoms. The van der Waals surface area contributed by atoms with Crippen LogP contribution in [0.15, 0.2) is 48.7 Å². The standard InChI is InChI=1S/C18H18N2O4/c1-12-11-24-16(13-5-3-2-4-6-13)10-20(12)17(21)14-7-8-15(18(22)23)19-9-14/h2-9,12,16H,10-11H2,1H3,(H,22,23)/t12-,16+/m0/s1. The van der Waals surface area contributed by atoms with Crippen molar-refractivity contribution in [2.45, 2.75) is 19.1 Å². The highest BCUT2D eigenvalue weighted by molar-refractivity contribution is 5.95. The lowest BCUT2D eigenvalue weighted by Crippen LogP contribution is -2.48. The molecule has 0 saturated carbocycles. The Morgan fingerprint density at radius 1 is 1.21 bits per heavy atom. The number of amides is 1. The van der Waals surface area contributed by atoms with Gasteiger partial charge in [-0.05, 0) is 24.6 Å². The number of nitrogens with zero attached hydrogens (tertiary/aromatic N) is 2. The van der Waals surface area contributed by atoms with Crippen molar-refractivity contribution in [3.05, 3.63) is 65.5 Å². The maximum atomic E-state index is 12.8. The Kier molecular flexibility index (Phi) is 4.57. The number of carbonyl (C=O) groups excluding carboxylic acids is 1. The first-order valence-corrected chi connectivity index (χ1v) is 7.73. The first kappa shape index (κ1) is 16.1. The summed E-state index contributed by atoms with van der Waals surface area (Å²) in [7, 11) is 0. The maximum Gasteiger partial charge on any atom is 0.354 e. The maximum absolute atomic E-state index is 12.8. The molecule has 1 aliphatic heterocycles. The molecule has 1 saturated heterocycles. The third-order valence-electron chi connectivity index (χ3n) is 4.09. The van der Waals surface area contributed by atoms with E-state index in [2.05, 4.69) is 4.98 Å². The molecule has 1 aliphatic rings. The predicted molar refractivity (Wildman–Crippen MR) is 86.8 cm³/mol. The Morgan fingerprint density at radius 3 is 2.58 bits per heavy atom. The number of hydrogen-bond acceptors (Lipinski definition) is 4. The van der Waals surface area contributed by atoms with Crippen LogP contribution in [-0.4, -0.2) is 46.1 Å². The molecule has 1 N–H and O–H groups in total. The van der Waals surface area contributed by atoms with Crippen molar-refractivity contribution in [2.24, 2.45) is 0 Å². The number of aromatic carboxylic acids is 1. The number of carboxylic acids is 1. The second kappa shape index (κ2) is 6.80. The van der Waals surface area contributed by atoms with E-state index in [9.17, 15) is 9.59 Å². The molecule has 0 spiro atoms. The molecular weight excluding hydrogens is 308 g/mol. The third-order valence-corrected chi connectivity index (χ3v) is 4.09. The van der Waals surface area contributed by atoms with Gasteiger partial charge in [-0.15, -0.1) is 0 Å². The fourth-order valence-electron chi connectivity index (χ4n) is 2.72. The minimum Gasteiger partial charge on any atom is -0.477 e. The summed E-state index contributed by atoms with van der Waals surface area (Å²) in [6, 6.07) is 12.6. The lowest BCUT2D eigenvalue weighted by Gasteiger charge is -2.38. The van der Waals surface area contributed by atoms with Crippen molar-refractivity contribution in [3.63, 3.8) is 0 Å². The van der Waals surface area contributed by atoms with Crippen LogP contribution < -0.4 is 0 Å². The summed E-state index contributed by atoms with van der Waals surface area (Å²) in [5.74, 6) is -1.28. The number of hydrogen-bond donors (Lipinski definition) is 1. The first-order valence-electron chi connectivity index (χ1n) is 7.73. The monoisotopic (exact) mass is 326 g/mol. The van der Waals surface area contributed by atoms with E-state index >= 15 is 0 Å². The van der Waals surface area contributed by atoms with Crippen LogP contribution in [0.4, 0.5) is 0 Å². The lowest BCUT2D eigenvalue weighted by atomic mass is 10.1. The molecule has 1 aromatic carbocycles. The normalized spacial score (nSPS) is 20.6. The molecule has 0 radical (unpaired) electrons. The van der Waals surface area contributed by atoms with Gasteiger partial charge in [0.25, 0.3) is 5.91 Å². The summed E-state index contributed by atoms with van der Waals surface area (Å²) in [6.45, 7) is 2.83. The van der Waals surface area contributed by atoms with Crippen LogP contribution in [0.3, 0.4) is 0 Å². The Morgan fingerprint density at radius 2 is 1.96 bits per heavy atom. The minimum atomic E-state index is -1.11. The van der Waals surface area contributed by atoms with Crippen LogP contribution in [0.2, 0.25) is 0 Å². The van der Waals surface area contributed by atoms with E-state index in [1.807, 2.05) is 37.3 Å². The highest BCUT2D eigenvalue weighted by Crippen LogP contribution is 2.25. The third kappa shape index (κ3) is 3.28. The average Bonchev–Trinajstić information content (AvgIpc) is 2.62. The number of carboxylic acid groups (broad SMARTS) is 1. The SMILES string of the molecule is C[C@H]1CO[C@@H](c2ccccc2)CN1C(=O)c1ccc(C(=O)O)nc1. The molecule has 3 rings (SSSR count). The molecule has 24 heavy (non-hydrogen) atoms. The number of pyridine rings is 1. The summed E-state index contributed by atoms with van der Waals surface area (Å²) in [4.78, 5) is 29.2. The molecule has 0 unspecified atom stereocenters. The predicted octanol–water partition coefficient (Wildman–Crippen LogP) is 2.38. The van der Waals surface area contributed by atoms with Gasteiger partial charge in [-0.1, -0.05) is 30.3 Å². The Bertz CT molecular complexity index is 730. The molecule has 1 fully saturated rings. The van der Waals surface area contributed by atoms with Crippen LogP contribution in [0.1, 0.15) is 39.4 Å². The summed E-state index contributed by atoms with van der Waals surface area (Å²) < 4.78 is 5.86. The van der Waals surface area contributed by atoms with E-state index in [1.165, 1.54) is 18.3 Å². The number of morpholine rings is 1. The summed E-state index contributed by atoms with van der Waals surface area (Å²) in [5.41, 5.74) is 1.32. The van der Waals surface area contributed by atoms with Gasteiger partial charge in [0.2, 0.25) is 0 Å². The van der Waals surface area contributed by atoms with Crippen LogP contribution in [0.5, 0.6) is 0 Å². The van der Waals surface area contributed by atoms with Crippen molar-refractivity contribution in [1.82, 2.24) is 9.88 Å². The smallest absolute Gasteiger partial charge is 0.354 e. The average molecular weight is 326 g/mol. The molecule has 6 nitrogen and oxygen atoms in total. The van der Waals surface area contributed by atoms with Gasteiger partial charge in [-0.25, -0.2) is 9.78 Å². The van der Waals surface area contributed by atoms with E-state index in [1.54, 1.807) is 4.90 Å². The molecule has 1 aromatic heterocycles. The second-order valence-electron chi connectivity index (χ2n) is 5.78. The van der Waals surface area contributed by atoms with Crippen molar-refractivity contribution >= 4 is 11.9 Å². The van der Waals surface area contributed by atoms with E-state index < -0.39 is 5.97 Å². The van der Waals surface area contributed by atoms with Gasteiger partial charge in [0.1, 0.15) is 11.8 Å². The topological polar surface area (TPSA) is 79.7 Å². The lowest BCUT2D eigenvalue weighted by molar-refractivity contribution is -0.0486. The Hall–Kier alpha value is -2.73. The Balaban J connectivity index is 1.78. The van der Waals surface area contributed by atoms with Gasteiger partial charge >= 0.3 is 5.97 Å². The van der Waals surface area contributed by atoms with Gasteiger partial charge in [-0.2, -0.15) is 0 Å². The number of benzene rings is 1. The van der Waals surface area contributed by atoms with Crippen LogP contribution in [0, 0.1) is 0 Å². The fourth-order valence-corrected chi connectivity index (χ4v) is 2.72. The molecule has 124 valence electrons. The molecule has 2 heterocycles. The molecular formula is C18H18N2O4. The zero-order chi connectivity index (χ0) is 17.1. The fraction of sp³-hybridized carbons (Fsp3) is 0.278. The van der Waals surface area contributed by atoms with Gasteiger partial charge in [0, 0.05) is 6.20 Å². The summed E-state index contributed by atoms with van der Waals surface area (Å²) in [6.07, 6.45) is 1.14. The highest BCUT2D eigenvalue weighted by Gasteiger charge is 2.31. The van der Waals surface area contributed by atoms with E-state index in [-0.39, 0.29) is 23.7 Å². The zero-order valence-corrected chi connectivity index (χ0v) is 13.3. The zero-order valence-electron chi connectivity index (χ0n) is 13.3. The van der Waals surface area contributed by atoms with Gasteiger partial charge in [0.15, 0.2) is 0 Å². The van der Waals surface area contributed by atoms with Gasteiger partial charge in [-0.3, -0.25) is 4.79 Å². The van der Waals surface area contributed by atoms with Crippen molar-refractivity contribution < 1.29 is 19.4 Å². The number of aromatic nitrogens is 1. The van der Waals surface area contributed by atoms with E-state index in [0.29, 0.717) is 18.7 Å². The summed E-state index contributed by atoms with van der Waals surface area (Å²) >= 11 is 0. The molecule has 6 heteroatoms. The number of rotatable bonds is 3. The summed E-state index contributed by atoms with van der Waals surface area (Å²) in [5, 5.41) is 8.89. The second-order valence-corrected chi connectivity index (χ2v) is 5.78.